The molecule has 266 valence electrons. The summed E-state index contributed by atoms with van der Waals surface area (Å²) >= 11 is 0. The van der Waals surface area contributed by atoms with E-state index in [1.165, 1.54) is 41.4 Å². The van der Waals surface area contributed by atoms with Crippen LogP contribution in [0.3, 0.4) is 0 Å². The van der Waals surface area contributed by atoms with Gasteiger partial charge in [0.1, 0.15) is 36.6 Å². The van der Waals surface area contributed by atoms with Crippen molar-refractivity contribution in [1.82, 2.24) is 0 Å². The fourth-order valence-corrected chi connectivity index (χ4v) is 5.29. The zero-order chi connectivity index (χ0) is 35.0. The van der Waals surface area contributed by atoms with Crippen LogP contribution in [0.2, 0.25) is 0 Å². The van der Waals surface area contributed by atoms with Gasteiger partial charge in [-0.1, -0.05) is 12.1 Å². The minimum absolute atomic E-state index is 0.0576. The van der Waals surface area contributed by atoms with E-state index in [0.29, 0.717) is 35.0 Å². The number of hydrogen-bond acceptors (Lipinski definition) is 15. The Bertz CT molecular complexity index is 1370. The van der Waals surface area contributed by atoms with Crippen LogP contribution < -0.4 is 18.9 Å². The van der Waals surface area contributed by atoms with Gasteiger partial charge in [-0.25, -0.2) is 4.79 Å². The lowest BCUT2D eigenvalue weighted by atomic mass is 9.98. The Morgan fingerprint density at radius 1 is 0.729 bits per heavy atom. The van der Waals surface area contributed by atoms with E-state index in [2.05, 4.69) is 0 Å². The Labute approximate surface area is 278 Å². The lowest BCUT2D eigenvalue weighted by Crippen LogP contribution is -2.62. The highest BCUT2D eigenvalue weighted by atomic mass is 16.7. The number of hydrogen-bond donors (Lipinski definition) is 5. The van der Waals surface area contributed by atoms with Crippen molar-refractivity contribution in [2.75, 3.05) is 41.7 Å². The summed E-state index contributed by atoms with van der Waals surface area (Å²) in [5, 5.41) is 52.6. The highest BCUT2D eigenvalue weighted by molar-refractivity contribution is 5.87. The summed E-state index contributed by atoms with van der Waals surface area (Å²) in [4.78, 5) is 12.9. The molecule has 4 rings (SSSR count). The highest BCUT2D eigenvalue weighted by Crippen LogP contribution is 2.31. The normalized spacial score (nSPS) is 30.5. The van der Waals surface area contributed by atoms with Crippen molar-refractivity contribution in [2.24, 2.45) is 0 Å². The maximum absolute atomic E-state index is 12.9. The van der Waals surface area contributed by atoms with Gasteiger partial charge in [-0.3, -0.25) is 0 Å². The van der Waals surface area contributed by atoms with E-state index >= 15 is 0 Å². The van der Waals surface area contributed by atoms with E-state index in [1.54, 1.807) is 30.3 Å². The lowest BCUT2D eigenvalue weighted by molar-refractivity contribution is -0.328. The third kappa shape index (κ3) is 8.93. The second kappa shape index (κ2) is 17.2. The minimum atomic E-state index is -1.68. The number of benzene rings is 2. The molecule has 2 fully saturated rings. The highest BCUT2D eigenvalue weighted by Gasteiger charge is 2.49. The molecule has 15 heteroatoms. The van der Waals surface area contributed by atoms with Crippen LogP contribution >= 0.6 is 0 Å². The number of aliphatic hydroxyl groups is 5. The molecule has 0 aliphatic carbocycles. The van der Waals surface area contributed by atoms with Gasteiger partial charge in [0.15, 0.2) is 41.7 Å². The second-order valence-corrected chi connectivity index (χ2v) is 11.2. The number of carbonyl (C=O) groups is 1. The van der Waals surface area contributed by atoms with E-state index in [0.717, 1.165) is 11.6 Å². The van der Waals surface area contributed by atoms with Crippen molar-refractivity contribution in [3.8, 4) is 23.0 Å². The maximum atomic E-state index is 12.9. The summed E-state index contributed by atoms with van der Waals surface area (Å²) in [5.41, 5.74) is 1.43. The first kappa shape index (κ1) is 37.3. The SMILES string of the molecule is COc1ccc(/C=C/C(=O)O[C@H]2[C@H](O)[C@@H](O)[C@H](OCCc3ccc(OC)c(OC)c3)O[C@@H]2CO[C@@H]2O[C@@H](C)[C@H](O)[C@@H](O)[C@H]2O)cc1OC. The predicted molar refractivity (Wildman–Crippen MR) is 167 cm³/mol. The summed E-state index contributed by atoms with van der Waals surface area (Å²) in [7, 11) is 6.02. The molecule has 2 aromatic carbocycles. The molecule has 0 bridgehead atoms. The average molecular weight is 681 g/mol. The molecule has 5 N–H and O–H groups in total. The quantitative estimate of drug-likeness (QED) is 0.134. The molecule has 0 saturated carbocycles. The fourth-order valence-electron chi connectivity index (χ4n) is 5.29. The van der Waals surface area contributed by atoms with Crippen LogP contribution in [-0.4, -0.2) is 135 Å². The van der Waals surface area contributed by atoms with Gasteiger partial charge in [-0.15, -0.1) is 0 Å². The molecule has 2 aliphatic rings. The first-order valence-electron chi connectivity index (χ1n) is 15.3. The maximum Gasteiger partial charge on any atom is 0.331 e. The molecule has 2 saturated heterocycles. The fraction of sp³-hybridized carbons (Fsp3) is 0.545. The Hall–Kier alpha value is -3.51. The van der Waals surface area contributed by atoms with Gasteiger partial charge in [0.25, 0.3) is 0 Å². The van der Waals surface area contributed by atoms with Gasteiger partial charge in [-0.05, 0) is 54.8 Å². The number of carbonyl (C=O) groups excluding carboxylic acids is 1. The first-order valence-corrected chi connectivity index (χ1v) is 15.3. The average Bonchev–Trinajstić information content (AvgIpc) is 3.10. The number of ether oxygens (including phenoxy) is 9. The molecule has 2 aromatic rings. The van der Waals surface area contributed by atoms with Crippen LogP contribution in [0, 0.1) is 0 Å². The largest absolute Gasteiger partial charge is 0.493 e. The topological polar surface area (TPSA) is 201 Å². The molecule has 0 radical (unpaired) electrons. The van der Waals surface area contributed by atoms with Crippen LogP contribution in [0.4, 0.5) is 0 Å². The molecular formula is C33H44O15. The van der Waals surface area contributed by atoms with E-state index in [9.17, 15) is 30.3 Å². The van der Waals surface area contributed by atoms with Crippen LogP contribution in [0.5, 0.6) is 23.0 Å². The number of methoxy groups -OCH3 is 4. The van der Waals surface area contributed by atoms with E-state index in [4.69, 9.17) is 42.6 Å². The summed E-state index contributed by atoms with van der Waals surface area (Å²) < 4.78 is 49.6. The standard InChI is InChI=1S/C33H44O15/c1-17-26(35)27(36)29(38)33(46-17)45-16-24-31(48-25(34)11-8-18-6-9-20(40-2)22(14-18)42-4)28(37)30(39)32(47-24)44-13-12-19-7-10-21(41-3)23(15-19)43-5/h6-11,14-15,17,24,26-33,35-39H,12-13,16H2,1-5H3/b11-8+/t17-,24+,26-,27+,28+,29+,30+,31+,32+,33+/m0/s1. The van der Waals surface area contributed by atoms with Crippen LogP contribution in [0.25, 0.3) is 6.08 Å². The third-order valence-corrected chi connectivity index (χ3v) is 8.07. The van der Waals surface area contributed by atoms with Gasteiger partial charge in [0, 0.05) is 6.08 Å². The van der Waals surface area contributed by atoms with Crippen molar-refractivity contribution < 1.29 is 73.0 Å². The predicted octanol–water partition coefficient (Wildman–Crippen LogP) is 0.196. The van der Waals surface area contributed by atoms with Gasteiger partial charge >= 0.3 is 5.97 Å². The van der Waals surface area contributed by atoms with Crippen molar-refractivity contribution in [3.63, 3.8) is 0 Å². The number of esters is 1. The van der Waals surface area contributed by atoms with Gasteiger partial charge in [0.2, 0.25) is 0 Å². The van der Waals surface area contributed by atoms with Crippen molar-refractivity contribution in [2.45, 2.75) is 74.8 Å². The summed E-state index contributed by atoms with van der Waals surface area (Å²) in [6.07, 6.45) is -11.2. The van der Waals surface area contributed by atoms with Gasteiger partial charge < -0.3 is 68.2 Å². The Morgan fingerprint density at radius 3 is 2.00 bits per heavy atom. The molecular weight excluding hydrogens is 636 g/mol. The zero-order valence-electron chi connectivity index (χ0n) is 27.3. The van der Waals surface area contributed by atoms with Crippen molar-refractivity contribution in [1.29, 1.82) is 0 Å². The number of aliphatic hydroxyl groups excluding tert-OH is 5. The van der Waals surface area contributed by atoms with Gasteiger partial charge in [0.05, 0.1) is 47.8 Å². The minimum Gasteiger partial charge on any atom is -0.493 e. The van der Waals surface area contributed by atoms with Crippen molar-refractivity contribution >= 4 is 12.0 Å². The molecule has 0 aromatic heterocycles. The molecule has 2 heterocycles. The monoisotopic (exact) mass is 680 g/mol. The summed E-state index contributed by atoms with van der Waals surface area (Å²) in [5.74, 6) is 1.16. The smallest absolute Gasteiger partial charge is 0.331 e. The molecule has 10 atom stereocenters. The molecule has 0 unspecified atom stereocenters. The summed E-state index contributed by atoms with van der Waals surface area (Å²) in [6.45, 7) is 1.11. The molecule has 0 spiro atoms. The third-order valence-electron chi connectivity index (χ3n) is 8.07. The van der Waals surface area contributed by atoms with Gasteiger partial charge in [-0.2, -0.15) is 0 Å². The first-order chi connectivity index (χ1) is 23.0. The van der Waals surface area contributed by atoms with Crippen LogP contribution in [0.1, 0.15) is 18.1 Å². The van der Waals surface area contributed by atoms with Crippen LogP contribution in [0.15, 0.2) is 42.5 Å². The Balaban J connectivity index is 1.46. The molecule has 2 aliphatic heterocycles. The molecule has 0 amide bonds. The number of rotatable bonds is 14. The van der Waals surface area contributed by atoms with Crippen LogP contribution in [-0.2, 0) is 34.9 Å². The molecule has 48 heavy (non-hydrogen) atoms. The van der Waals surface area contributed by atoms with E-state index in [1.807, 2.05) is 6.07 Å². The Morgan fingerprint density at radius 2 is 1.33 bits per heavy atom. The van der Waals surface area contributed by atoms with E-state index < -0.39 is 74.0 Å². The zero-order valence-corrected chi connectivity index (χ0v) is 27.3. The summed E-state index contributed by atoms with van der Waals surface area (Å²) in [6, 6.07) is 10.3. The Kier molecular flexibility index (Phi) is 13.4. The second-order valence-electron chi connectivity index (χ2n) is 11.2. The van der Waals surface area contributed by atoms with E-state index in [-0.39, 0.29) is 6.61 Å². The lowest BCUT2D eigenvalue weighted by Gasteiger charge is -2.43. The molecule has 15 nitrogen and oxygen atoms in total. The van der Waals surface area contributed by atoms with Crippen molar-refractivity contribution in [3.05, 3.63) is 53.6 Å².